The highest BCUT2D eigenvalue weighted by Crippen LogP contribution is 2.28. The van der Waals surface area contributed by atoms with Gasteiger partial charge >= 0.3 is 0 Å². The maximum Gasteiger partial charge on any atom is 0.178 e. The van der Waals surface area contributed by atoms with Gasteiger partial charge < -0.3 is 9.55 Å². The Morgan fingerprint density at radius 1 is 1.30 bits per heavy atom. The lowest BCUT2D eigenvalue weighted by molar-refractivity contribution is 0.325. The van der Waals surface area contributed by atoms with Crippen molar-refractivity contribution in [2.24, 2.45) is 5.92 Å². The zero-order valence-electron chi connectivity index (χ0n) is 11.3. The highest BCUT2D eigenvalue weighted by atomic mass is 35.5. The van der Waals surface area contributed by atoms with Gasteiger partial charge in [0.05, 0.1) is 16.1 Å². The summed E-state index contributed by atoms with van der Waals surface area (Å²) in [7, 11) is 0. The summed E-state index contributed by atoms with van der Waals surface area (Å²) < 4.78 is 16.2. The maximum atomic E-state index is 13.5. The van der Waals surface area contributed by atoms with Crippen molar-refractivity contribution in [3.8, 4) is 0 Å². The smallest absolute Gasteiger partial charge is 0.178 e. The third-order valence-corrected chi connectivity index (χ3v) is 4.91. The van der Waals surface area contributed by atoms with E-state index in [1.165, 1.54) is 38.2 Å². The Kier molecular flexibility index (Phi) is 4.13. The first-order valence-electron chi connectivity index (χ1n) is 7.22. The minimum Gasteiger partial charge on any atom is -0.330 e. The lowest BCUT2D eigenvalue weighted by Crippen LogP contribution is -2.10. The van der Waals surface area contributed by atoms with Gasteiger partial charge in [0.25, 0.3) is 0 Å². The van der Waals surface area contributed by atoms with Crippen LogP contribution in [0.25, 0.3) is 11.0 Å². The van der Waals surface area contributed by atoms with E-state index < -0.39 is 5.82 Å². The zero-order chi connectivity index (χ0) is 14.1. The van der Waals surface area contributed by atoms with Crippen molar-refractivity contribution in [3.05, 3.63) is 27.7 Å². The first kappa shape index (κ1) is 14.1. The summed E-state index contributed by atoms with van der Waals surface area (Å²) in [4.78, 5) is 3.06. The van der Waals surface area contributed by atoms with Crippen molar-refractivity contribution in [3.63, 3.8) is 0 Å². The SMILES string of the molecule is Fc1cc2[nH]c(=S)n(CCC3CCCCC3)c2cc1Cl. The van der Waals surface area contributed by atoms with Gasteiger partial charge in [-0.3, -0.25) is 0 Å². The average Bonchev–Trinajstić information content (AvgIpc) is 2.73. The van der Waals surface area contributed by atoms with Crippen LogP contribution < -0.4 is 0 Å². The van der Waals surface area contributed by atoms with Crippen molar-refractivity contribution in [1.29, 1.82) is 0 Å². The van der Waals surface area contributed by atoms with Crippen LogP contribution in [-0.4, -0.2) is 9.55 Å². The number of aryl methyl sites for hydroxylation is 1. The number of nitrogens with one attached hydrogen (secondary N) is 1. The molecule has 0 radical (unpaired) electrons. The third kappa shape index (κ3) is 2.77. The van der Waals surface area contributed by atoms with Gasteiger partial charge in [-0.1, -0.05) is 43.7 Å². The van der Waals surface area contributed by atoms with Gasteiger partial charge in [0, 0.05) is 12.6 Å². The van der Waals surface area contributed by atoms with Crippen LogP contribution in [0.5, 0.6) is 0 Å². The average molecular weight is 313 g/mol. The Labute approximate surface area is 127 Å². The molecule has 2 nitrogen and oxygen atoms in total. The van der Waals surface area contributed by atoms with Crippen LogP contribution in [0.3, 0.4) is 0 Å². The molecule has 1 aliphatic rings. The number of hydrogen-bond donors (Lipinski definition) is 1. The van der Waals surface area contributed by atoms with Crippen LogP contribution in [0.2, 0.25) is 5.02 Å². The zero-order valence-corrected chi connectivity index (χ0v) is 12.9. The van der Waals surface area contributed by atoms with Crippen molar-refractivity contribution < 1.29 is 4.39 Å². The molecule has 1 heterocycles. The minimum absolute atomic E-state index is 0.151. The van der Waals surface area contributed by atoms with Gasteiger partial charge in [0.15, 0.2) is 4.77 Å². The standard InChI is InChI=1S/C15H18ClFN2S/c16-11-8-14-13(9-12(11)17)18-15(20)19(14)7-6-10-4-2-1-3-5-10/h8-10H,1-7H2,(H,18,20). The lowest BCUT2D eigenvalue weighted by Gasteiger charge is -2.21. The van der Waals surface area contributed by atoms with Gasteiger partial charge in [-0.25, -0.2) is 4.39 Å². The lowest BCUT2D eigenvalue weighted by atomic mass is 9.87. The van der Waals surface area contributed by atoms with Gasteiger partial charge in [-0.2, -0.15) is 0 Å². The monoisotopic (exact) mass is 312 g/mol. The predicted molar refractivity (Wildman–Crippen MR) is 83.3 cm³/mol. The first-order valence-corrected chi connectivity index (χ1v) is 8.01. The van der Waals surface area contributed by atoms with E-state index in [0.717, 1.165) is 29.9 Å². The molecule has 1 saturated carbocycles. The molecular formula is C15H18ClFN2S. The minimum atomic E-state index is -0.408. The van der Waals surface area contributed by atoms with E-state index >= 15 is 0 Å². The molecule has 0 spiro atoms. The fraction of sp³-hybridized carbons (Fsp3) is 0.533. The molecule has 20 heavy (non-hydrogen) atoms. The van der Waals surface area contributed by atoms with Crippen LogP contribution in [0.1, 0.15) is 38.5 Å². The number of aromatic nitrogens is 2. The van der Waals surface area contributed by atoms with Gasteiger partial charge in [-0.15, -0.1) is 0 Å². The topological polar surface area (TPSA) is 20.7 Å². The fourth-order valence-corrected chi connectivity index (χ4v) is 3.62. The van der Waals surface area contributed by atoms with E-state index in [2.05, 4.69) is 4.98 Å². The Bertz CT molecular complexity index is 670. The number of fused-ring (bicyclic) bond motifs is 1. The van der Waals surface area contributed by atoms with Crippen LogP contribution in [0, 0.1) is 16.5 Å². The second-order valence-electron chi connectivity index (χ2n) is 5.66. The van der Waals surface area contributed by atoms with Crippen LogP contribution >= 0.6 is 23.8 Å². The van der Waals surface area contributed by atoms with Crippen LogP contribution in [0.15, 0.2) is 12.1 Å². The third-order valence-electron chi connectivity index (χ3n) is 4.30. The van der Waals surface area contributed by atoms with E-state index in [4.69, 9.17) is 23.8 Å². The molecule has 1 aromatic carbocycles. The van der Waals surface area contributed by atoms with Gasteiger partial charge in [-0.05, 0) is 30.6 Å². The number of aromatic amines is 1. The molecule has 0 atom stereocenters. The van der Waals surface area contributed by atoms with E-state index in [1.807, 2.05) is 4.57 Å². The summed E-state index contributed by atoms with van der Waals surface area (Å²) in [5.41, 5.74) is 1.62. The number of benzene rings is 1. The van der Waals surface area contributed by atoms with Crippen molar-refractivity contribution in [2.45, 2.75) is 45.1 Å². The molecule has 108 valence electrons. The molecule has 0 aliphatic heterocycles. The molecule has 3 rings (SSSR count). The second kappa shape index (κ2) is 5.86. The van der Waals surface area contributed by atoms with Gasteiger partial charge in [0.2, 0.25) is 0 Å². The van der Waals surface area contributed by atoms with E-state index in [0.29, 0.717) is 4.77 Å². The normalized spacial score (nSPS) is 16.9. The summed E-state index contributed by atoms with van der Waals surface area (Å²) in [6, 6.07) is 3.09. The number of rotatable bonds is 3. The first-order chi connectivity index (χ1) is 9.65. The molecule has 0 bridgehead atoms. The second-order valence-corrected chi connectivity index (χ2v) is 6.45. The van der Waals surface area contributed by atoms with Crippen molar-refractivity contribution >= 4 is 34.9 Å². The quantitative estimate of drug-likeness (QED) is 0.746. The number of hydrogen-bond acceptors (Lipinski definition) is 1. The molecule has 1 aliphatic carbocycles. The fourth-order valence-electron chi connectivity index (χ4n) is 3.16. The molecule has 2 aromatic rings. The Morgan fingerprint density at radius 2 is 2.05 bits per heavy atom. The molecular weight excluding hydrogens is 295 g/mol. The summed E-state index contributed by atoms with van der Waals surface area (Å²) >= 11 is 11.2. The Hall–Kier alpha value is -0.870. The highest BCUT2D eigenvalue weighted by molar-refractivity contribution is 7.71. The molecule has 1 aromatic heterocycles. The molecule has 0 amide bonds. The Morgan fingerprint density at radius 3 is 2.80 bits per heavy atom. The number of imidazole rings is 1. The van der Waals surface area contributed by atoms with E-state index in [-0.39, 0.29) is 5.02 Å². The number of halogens is 2. The maximum absolute atomic E-state index is 13.5. The summed E-state index contributed by atoms with van der Waals surface area (Å²) in [5.74, 6) is 0.390. The number of nitrogens with zero attached hydrogens (tertiary/aromatic N) is 1. The molecule has 0 unspecified atom stereocenters. The van der Waals surface area contributed by atoms with Crippen LogP contribution in [0.4, 0.5) is 4.39 Å². The summed E-state index contributed by atoms with van der Waals surface area (Å²) in [5, 5.41) is 0.151. The molecule has 1 N–H and O–H groups in total. The van der Waals surface area contributed by atoms with E-state index in [9.17, 15) is 4.39 Å². The predicted octanol–water partition coefficient (Wildman–Crippen LogP) is 5.46. The van der Waals surface area contributed by atoms with Crippen LogP contribution in [-0.2, 0) is 6.54 Å². The molecule has 0 saturated heterocycles. The van der Waals surface area contributed by atoms with Gasteiger partial charge in [0.1, 0.15) is 5.82 Å². The Balaban J connectivity index is 1.85. The summed E-state index contributed by atoms with van der Waals surface area (Å²) in [6.07, 6.45) is 7.85. The largest absolute Gasteiger partial charge is 0.330 e. The molecule has 1 fully saturated rings. The molecule has 5 heteroatoms. The highest BCUT2D eigenvalue weighted by Gasteiger charge is 2.15. The number of H-pyrrole nitrogens is 1. The summed E-state index contributed by atoms with van der Waals surface area (Å²) in [6.45, 7) is 0.880. The van der Waals surface area contributed by atoms with Crippen molar-refractivity contribution in [2.75, 3.05) is 0 Å². The van der Waals surface area contributed by atoms with Crippen molar-refractivity contribution in [1.82, 2.24) is 9.55 Å². The van der Waals surface area contributed by atoms with E-state index in [1.54, 1.807) is 6.07 Å².